The molecule has 0 aliphatic rings. The van der Waals surface area contributed by atoms with Crippen LogP contribution in [-0.2, 0) is 29.7 Å². The van der Waals surface area contributed by atoms with E-state index in [1.54, 1.807) is 55.0 Å². The molecule has 2 aromatic heterocycles. The van der Waals surface area contributed by atoms with Crippen LogP contribution in [0.4, 0.5) is 5.95 Å². The molecule has 168 valence electrons. The fourth-order valence-corrected chi connectivity index (χ4v) is 4.42. The zero-order valence-electron chi connectivity index (χ0n) is 17.9. The van der Waals surface area contributed by atoms with Crippen LogP contribution in [0.25, 0.3) is 0 Å². The van der Waals surface area contributed by atoms with E-state index in [0.717, 1.165) is 21.2 Å². The van der Waals surface area contributed by atoms with E-state index in [1.165, 1.54) is 0 Å². The number of nitrogens with one attached hydrogen (secondary N) is 2. The van der Waals surface area contributed by atoms with Gasteiger partial charge in [0.05, 0.1) is 17.1 Å². The summed E-state index contributed by atoms with van der Waals surface area (Å²) in [7, 11) is -3.83. The minimum absolute atomic E-state index is 0.108. The molecule has 33 heavy (non-hydrogen) atoms. The summed E-state index contributed by atoms with van der Waals surface area (Å²) in [5.41, 5.74) is 5.73. The molecule has 0 aliphatic heterocycles. The van der Waals surface area contributed by atoms with Gasteiger partial charge >= 0.3 is 0 Å². The van der Waals surface area contributed by atoms with Crippen LogP contribution in [0.2, 0.25) is 0 Å². The number of rotatable bonds is 10. The summed E-state index contributed by atoms with van der Waals surface area (Å²) in [5.74, 6) is 0.201. The Bertz CT molecular complexity index is 1240. The summed E-state index contributed by atoms with van der Waals surface area (Å²) in [4.78, 5) is 12.7. The lowest BCUT2D eigenvalue weighted by Gasteiger charge is -2.23. The number of nitrogens with zero attached hydrogens (tertiary/aromatic N) is 4. The lowest BCUT2D eigenvalue weighted by molar-refractivity contribution is 0.458. The van der Waals surface area contributed by atoms with E-state index >= 15 is 0 Å². The summed E-state index contributed by atoms with van der Waals surface area (Å²) in [6, 6.07) is 23.6. The number of sulfonamides is 1. The van der Waals surface area contributed by atoms with Crippen molar-refractivity contribution in [3.63, 3.8) is 0 Å². The Morgan fingerprint density at radius 1 is 0.697 bits per heavy atom. The van der Waals surface area contributed by atoms with Gasteiger partial charge < -0.3 is 5.32 Å². The Kier molecular flexibility index (Phi) is 7.36. The molecule has 0 radical (unpaired) electrons. The maximum atomic E-state index is 13.3. The molecule has 0 atom stereocenters. The fraction of sp³-hybridized carbons (Fsp3) is 0.125. The fourth-order valence-electron chi connectivity index (χ4n) is 3.14. The van der Waals surface area contributed by atoms with E-state index in [4.69, 9.17) is 0 Å². The molecule has 2 aromatic carbocycles. The Labute approximate surface area is 193 Å². The van der Waals surface area contributed by atoms with Gasteiger partial charge in [-0.15, -0.1) is 4.41 Å². The zero-order valence-corrected chi connectivity index (χ0v) is 18.7. The van der Waals surface area contributed by atoms with Gasteiger partial charge in [0.1, 0.15) is 0 Å². The molecule has 0 amide bonds. The third-order valence-electron chi connectivity index (χ3n) is 4.83. The summed E-state index contributed by atoms with van der Waals surface area (Å²) < 4.78 is 27.7. The quantitative estimate of drug-likeness (QED) is 0.350. The summed E-state index contributed by atoms with van der Waals surface area (Å²) >= 11 is 0. The molecule has 0 spiro atoms. The summed E-state index contributed by atoms with van der Waals surface area (Å²) in [6.07, 6.45) is 4.88. The van der Waals surface area contributed by atoms with Crippen LogP contribution < -0.4 is 10.7 Å². The molecule has 4 aromatic rings. The zero-order chi connectivity index (χ0) is 22.9. The molecule has 0 fully saturated rings. The topological polar surface area (TPSA) is 100 Å². The first-order valence-electron chi connectivity index (χ1n) is 10.4. The molecule has 9 heteroatoms. The van der Waals surface area contributed by atoms with Gasteiger partial charge in [-0.2, -0.15) is 0 Å². The van der Waals surface area contributed by atoms with Crippen LogP contribution in [0.15, 0.2) is 102 Å². The molecule has 4 rings (SSSR count). The highest BCUT2D eigenvalue weighted by Crippen LogP contribution is 2.19. The smallest absolute Gasteiger partial charge is 0.260 e. The minimum Gasteiger partial charge on any atom is -0.307 e. The van der Waals surface area contributed by atoms with Crippen LogP contribution in [-0.4, -0.2) is 27.8 Å². The van der Waals surface area contributed by atoms with Crippen molar-refractivity contribution in [1.82, 2.24) is 24.7 Å². The van der Waals surface area contributed by atoms with Gasteiger partial charge in [0.2, 0.25) is 5.95 Å². The normalized spacial score (nSPS) is 11.4. The standard InChI is InChI=1S/C24H24N6O2S/c31-33(32,23-8-2-1-3-9-23)30(29-24-27-15-6-16-28-24)19-21-12-10-20(11-13-21)17-25-18-22-7-4-5-14-26-22/h1-16,25H,17-19H2,(H,27,28,29). The number of benzene rings is 2. The van der Waals surface area contributed by atoms with E-state index < -0.39 is 10.0 Å². The van der Waals surface area contributed by atoms with Crippen LogP contribution in [0.5, 0.6) is 0 Å². The molecular weight excluding hydrogens is 436 g/mol. The average molecular weight is 461 g/mol. The molecule has 0 unspecified atom stereocenters. The van der Waals surface area contributed by atoms with Gasteiger partial charge in [0.15, 0.2) is 0 Å². The summed E-state index contributed by atoms with van der Waals surface area (Å²) in [6.45, 7) is 1.46. The van der Waals surface area contributed by atoms with Crippen molar-refractivity contribution in [3.8, 4) is 0 Å². The molecule has 2 heterocycles. The number of pyridine rings is 1. The second-order valence-electron chi connectivity index (χ2n) is 7.25. The maximum absolute atomic E-state index is 13.3. The van der Waals surface area contributed by atoms with Crippen molar-refractivity contribution >= 4 is 16.0 Å². The molecule has 0 saturated heterocycles. The van der Waals surface area contributed by atoms with Gasteiger partial charge in [-0.3, -0.25) is 10.4 Å². The highest BCUT2D eigenvalue weighted by molar-refractivity contribution is 7.89. The van der Waals surface area contributed by atoms with Crippen molar-refractivity contribution in [2.24, 2.45) is 0 Å². The Balaban J connectivity index is 1.46. The van der Waals surface area contributed by atoms with Gasteiger partial charge in [0.25, 0.3) is 10.0 Å². The minimum atomic E-state index is -3.83. The first-order valence-corrected chi connectivity index (χ1v) is 11.9. The molecule has 0 saturated carbocycles. The molecule has 2 N–H and O–H groups in total. The molecule has 0 aliphatic carbocycles. The number of aromatic nitrogens is 3. The lowest BCUT2D eigenvalue weighted by atomic mass is 10.1. The van der Waals surface area contributed by atoms with Gasteiger partial charge in [-0.05, 0) is 41.5 Å². The SMILES string of the molecule is O=S(=O)(c1ccccc1)N(Cc1ccc(CNCc2ccccn2)cc1)Nc1ncccn1. The largest absolute Gasteiger partial charge is 0.307 e. The van der Waals surface area contributed by atoms with E-state index in [2.05, 4.69) is 25.7 Å². The third kappa shape index (κ3) is 6.19. The monoisotopic (exact) mass is 460 g/mol. The number of hydrazine groups is 1. The van der Waals surface area contributed by atoms with Gasteiger partial charge in [-0.25, -0.2) is 18.4 Å². The van der Waals surface area contributed by atoms with E-state index in [1.807, 2.05) is 42.5 Å². The lowest BCUT2D eigenvalue weighted by Crippen LogP contribution is -2.36. The Morgan fingerprint density at radius 3 is 2.06 bits per heavy atom. The first-order chi connectivity index (χ1) is 16.1. The molecular formula is C24H24N6O2S. The number of hydrogen-bond acceptors (Lipinski definition) is 7. The van der Waals surface area contributed by atoms with E-state index in [-0.39, 0.29) is 17.4 Å². The molecule has 8 nitrogen and oxygen atoms in total. The number of anilines is 1. The number of hydrogen-bond donors (Lipinski definition) is 2. The van der Waals surface area contributed by atoms with Crippen LogP contribution in [0.3, 0.4) is 0 Å². The Morgan fingerprint density at radius 2 is 1.36 bits per heavy atom. The average Bonchev–Trinajstić information content (AvgIpc) is 2.86. The second kappa shape index (κ2) is 10.8. The predicted octanol–water partition coefficient (Wildman–Crippen LogP) is 3.38. The highest BCUT2D eigenvalue weighted by Gasteiger charge is 2.25. The van der Waals surface area contributed by atoms with Gasteiger partial charge in [0, 0.05) is 31.7 Å². The van der Waals surface area contributed by atoms with Gasteiger partial charge in [-0.1, -0.05) is 48.5 Å². The molecule has 0 bridgehead atoms. The maximum Gasteiger partial charge on any atom is 0.260 e. The highest BCUT2D eigenvalue weighted by atomic mass is 32.2. The van der Waals surface area contributed by atoms with Crippen LogP contribution in [0, 0.1) is 0 Å². The van der Waals surface area contributed by atoms with Crippen molar-refractivity contribution in [2.75, 3.05) is 5.43 Å². The van der Waals surface area contributed by atoms with Crippen LogP contribution in [0.1, 0.15) is 16.8 Å². The predicted molar refractivity (Wildman–Crippen MR) is 126 cm³/mol. The van der Waals surface area contributed by atoms with Crippen molar-refractivity contribution in [3.05, 3.63) is 114 Å². The van der Waals surface area contributed by atoms with Crippen LogP contribution >= 0.6 is 0 Å². The van der Waals surface area contributed by atoms with Crippen molar-refractivity contribution in [1.29, 1.82) is 0 Å². The van der Waals surface area contributed by atoms with Crippen molar-refractivity contribution < 1.29 is 8.42 Å². The van der Waals surface area contributed by atoms with Crippen molar-refractivity contribution in [2.45, 2.75) is 24.5 Å². The summed E-state index contributed by atoms with van der Waals surface area (Å²) in [5, 5.41) is 3.36. The Hall–Kier alpha value is -3.66. The van der Waals surface area contributed by atoms with E-state index in [9.17, 15) is 8.42 Å². The first kappa shape index (κ1) is 22.5. The third-order valence-corrected chi connectivity index (χ3v) is 6.50. The second-order valence-corrected chi connectivity index (χ2v) is 9.11. The van der Waals surface area contributed by atoms with E-state index in [0.29, 0.717) is 13.1 Å².